The first-order valence-corrected chi connectivity index (χ1v) is 6.60. The number of hydrogen-bond acceptors (Lipinski definition) is 3. The van der Waals surface area contributed by atoms with Crippen molar-refractivity contribution in [2.45, 2.75) is 38.6 Å². The first-order chi connectivity index (χ1) is 9.12. The monoisotopic (exact) mass is 265 g/mol. The molecule has 0 spiro atoms. The van der Waals surface area contributed by atoms with Gasteiger partial charge in [0.2, 0.25) is 5.91 Å². The summed E-state index contributed by atoms with van der Waals surface area (Å²) in [5.41, 5.74) is -0.780. The van der Waals surface area contributed by atoms with Gasteiger partial charge in [-0.25, -0.2) is 0 Å². The number of aliphatic carboxylic acids is 1. The molecular formula is C13H19N3O3. The van der Waals surface area contributed by atoms with E-state index in [1.165, 1.54) is 4.68 Å². The third-order valence-electron chi connectivity index (χ3n) is 3.75. The lowest BCUT2D eigenvalue weighted by atomic mass is 9.74. The Hall–Kier alpha value is -1.85. The Kier molecular flexibility index (Phi) is 4.19. The molecular weight excluding hydrogens is 246 g/mol. The topological polar surface area (TPSA) is 84.2 Å². The fourth-order valence-corrected chi connectivity index (χ4v) is 2.56. The molecule has 0 saturated heterocycles. The number of amides is 1. The third kappa shape index (κ3) is 3.33. The largest absolute Gasteiger partial charge is 0.481 e. The van der Waals surface area contributed by atoms with Crippen molar-refractivity contribution in [2.24, 2.45) is 5.41 Å². The van der Waals surface area contributed by atoms with Crippen LogP contribution in [0.1, 0.15) is 32.1 Å². The van der Waals surface area contributed by atoms with E-state index in [4.69, 9.17) is 0 Å². The SMILES string of the molecule is O=C(Cn1cccn1)NCC1(C(=O)O)CCCCC1. The van der Waals surface area contributed by atoms with E-state index in [1.54, 1.807) is 18.5 Å². The zero-order chi connectivity index (χ0) is 13.7. The zero-order valence-electron chi connectivity index (χ0n) is 10.8. The lowest BCUT2D eigenvalue weighted by Crippen LogP contribution is -2.45. The van der Waals surface area contributed by atoms with Crippen LogP contribution < -0.4 is 5.32 Å². The van der Waals surface area contributed by atoms with Gasteiger partial charge in [-0.2, -0.15) is 5.10 Å². The number of hydrogen-bond donors (Lipinski definition) is 2. The molecule has 104 valence electrons. The second-order valence-corrected chi connectivity index (χ2v) is 5.13. The number of carboxylic acids is 1. The fraction of sp³-hybridized carbons (Fsp3) is 0.615. The maximum absolute atomic E-state index is 11.8. The van der Waals surface area contributed by atoms with Gasteiger partial charge in [0.05, 0.1) is 5.41 Å². The molecule has 0 atom stereocenters. The third-order valence-corrected chi connectivity index (χ3v) is 3.75. The van der Waals surface area contributed by atoms with Crippen LogP contribution in [0.2, 0.25) is 0 Å². The van der Waals surface area contributed by atoms with E-state index < -0.39 is 11.4 Å². The molecule has 0 radical (unpaired) electrons. The van der Waals surface area contributed by atoms with Crippen LogP contribution in [0.5, 0.6) is 0 Å². The molecule has 0 bridgehead atoms. The van der Waals surface area contributed by atoms with E-state index in [1.807, 2.05) is 0 Å². The van der Waals surface area contributed by atoms with Gasteiger partial charge in [0.25, 0.3) is 0 Å². The molecule has 1 aromatic rings. The maximum atomic E-state index is 11.8. The lowest BCUT2D eigenvalue weighted by Gasteiger charge is -2.33. The molecule has 2 N–H and O–H groups in total. The molecule has 0 unspecified atom stereocenters. The molecule has 0 aromatic carbocycles. The highest BCUT2D eigenvalue weighted by Crippen LogP contribution is 2.35. The lowest BCUT2D eigenvalue weighted by molar-refractivity contribution is -0.151. The molecule has 1 saturated carbocycles. The standard InChI is InChI=1S/C13H19N3O3/c17-11(9-16-8-4-7-15-16)14-10-13(12(18)19)5-2-1-3-6-13/h4,7-8H,1-3,5-6,9-10H2,(H,14,17)(H,18,19). The van der Waals surface area contributed by atoms with Crippen LogP contribution in [-0.4, -0.2) is 33.3 Å². The predicted molar refractivity (Wildman–Crippen MR) is 68.4 cm³/mol. The Morgan fingerprint density at radius 3 is 2.63 bits per heavy atom. The first-order valence-electron chi connectivity index (χ1n) is 6.60. The summed E-state index contributed by atoms with van der Waals surface area (Å²) in [5.74, 6) is -0.999. The minimum Gasteiger partial charge on any atom is -0.481 e. The highest BCUT2D eigenvalue weighted by Gasteiger charge is 2.39. The highest BCUT2D eigenvalue weighted by molar-refractivity contribution is 5.79. The van der Waals surface area contributed by atoms with Crippen LogP contribution in [0.4, 0.5) is 0 Å². The van der Waals surface area contributed by atoms with Gasteiger partial charge in [0.1, 0.15) is 6.54 Å². The van der Waals surface area contributed by atoms with Crippen molar-refractivity contribution in [1.29, 1.82) is 0 Å². The zero-order valence-corrected chi connectivity index (χ0v) is 10.8. The van der Waals surface area contributed by atoms with Crippen LogP contribution >= 0.6 is 0 Å². The summed E-state index contributed by atoms with van der Waals surface area (Å²) in [6.45, 7) is 0.338. The number of rotatable bonds is 5. The molecule has 6 nitrogen and oxygen atoms in total. The number of nitrogens with zero attached hydrogens (tertiary/aromatic N) is 2. The van der Waals surface area contributed by atoms with Crippen LogP contribution in [0.15, 0.2) is 18.5 Å². The minimum absolute atomic E-state index is 0.128. The number of aromatic nitrogens is 2. The van der Waals surface area contributed by atoms with Crippen molar-refractivity contribution >= 4 is 11.9 Å². The van der Waals surface area contributed by atoms with E-state index in [0.29, 0.717) is 12.8 Å². The Labute approximate surface area is 111 Å². The number of carboxylic acid groups (broad SMARTS) is 1. The van der Waals surface area contributed by atoms with E-state index >= 15 is 0 Å². The van der Waals surface area contributed by atoms with Crippen LogP contribution in [0.25, 0.3) is 0 Å². The van der Waals surface area contributed by atoms with Gasteiger partial charge in [0, 0.05) is 18.9 Å². The summed E-state index contributed by atoms with van der Waals surface area (Å²) in [6, 6.07) is 1.74. The van der Waals surface area contributed by atoms with E-state index in [0.717, 1.165) is 19.3 Å². The second kappa shape index (κ2) is 5.86. The van der Waals surface area contributed by atoms with Gasteiger partial charge < -0.3 is 10.4 Å². The fourth-order valence-electron chi connectivity index (χ4n) is 2.56. The quantitative estimate of drug-likeness (QED) is 0.833. The number of carbonyl (C=O) groups excluding carboxylic acids is 1. The summed E-state index contributed by atoms with van der Waals surface area (Å²) in [4.78, 5) is 23.2. The van der Waals surface area contributed by atoms with E-state index in [2.05, 4.69) is 10.4 Å². The summed E-state index contributed by atoms with van der Waals surface area (Å²) in [5, 5.41) is 16.1. The smallest absolute Gasteiger partial charge is 0.311 e. The van der Waals surface area contributed by atoms with Crippen LogP contribution in [-0.2, 0) is 16.1 Å². The maximum Gasteiger partial charge on any atom is 0.311 e. The Balaban J connectivity index is 1.88. The van der Waals surface area contributed by atoms with Gasteiger partial charge in [-0.3, -0.25) is 14.3 Å². The molecule has 19 heavy (non-hydrogen) atoms. The molecule has 1 amide bonds. The number of carbonyl (C=O) groups is 2. The minimum atomic E-state index is -0.799. The summed E-state index contributed by atoms with van der Waals surface area (Å²) in [7, 11) is 0. The summed E-state index contributed by atoms with van der Waals surface area (Å²) >= 11 is 0. The summed E-state index contributed by atoms with van der Waals surface area (Å²) in [6.07, 6.45) is 7.51. The Morgan fingerprint density at radius 2 is 2.05 bits per heavy atom. The van der Waals surface area contributed by atoms with E-state index in [9.17, 15) is 14.7 Å². The second-order valence-electron chi connectivity index (χ2n) is 5.13. The Morgan fingerprint density at radius 1 is 1.32 bits per heavy atom. The van der Waals surface area contributed by atoms with Gasteiger partial charge >= 0.3 is 5.97 Å². The van der Waals surface area contributed by atoms with Gasteiger partial charge in [0.15, 0.2) is 0 Å². The van der Waals surface area contributed by atoms with Gasteiger partial charge in [-0.05, 0) is 18.9 Å². The summed E-state index contributed by atoms with van der Waals surface area (Å²) < 4.78 is 1.52. The molecule has 6 heteroatoms. The molecule has 1 heterocycles. The molecule has 2 rings (SSSR count). The molecule has 1 aliphatic carbocycles. The van der Waals surface area contributed by atoms with Gasteiger partial charge in [-0.15, -0.1) is 0 Å². The average Bonchev–Trinajstić information content (AvgIpc) is 2.90. The van der Waals surface area contributed by atoms with Crippen LogP contribution in [0, 0.1) is 5.41 Å². The molecule has 1 aliphatic rings. The predicted octanol–water partition coefficient (Wildman–Crippen LogP) is 1.03. The highest BCUT2D eigenvalue weighted by atomic mass is 16.4. The van der Waals surface area contributed by atoms with E-state index in [-0.39, 0.29) is 19.0 Å². The Bertz CT molecular complexity index is 436. The van der Waals surface area contributed by atoms with Crippen LogP contribution in [0.3, 0.4) is 0 Å². The van der Waals surface area contributed by atoms with Crippen molar-refractivity contribution in [3.63, 3.8) is 0 Å². The van der Waals surface area contributed by atoms with Crippen molar-refractivity contribution in [2.75, 3.05) is 6.54 Å². The normalized spacial score (nSPS) is 17.9. The molecule has 0 aliphatic heterocycles. The van der Waals surface area contributed by atoms with Crippen molar-refractivity contribution < 1.29 is 14.7 Å². The first kappa shape index (κ1) is 13.6. The van der Waals surface area contributed by atoms with Crippen molar-refractivity contribution in [1.82, 2.24) is 15.1 Å². The number of nitrogens with one attached hydrogen (secondary N) is 1. The molecule has 1 aromatic heterocycles. The average molecular weight is 265 g/mol. The molecule has 1 fully saturated rings. The van der Waals surface area contributed by atoms with Crippen molar-refractivity contribution in [3.05, 3.63) is 18.5 Å². The van der Waals surface area contributed by atoms with Crippen molar-refractivity contribution in [3.8, 4) is 0 Å². The van der Waals surface area contributed by atoms with Gasteiger partial charge in [-0.1, -0.05) is 19.3 Å².